The number of aromatic nitrogens is 2. The van der Waals surface area contributed by atoms with Gasteiger partial charge in [-0.25, -0.2) is 9.97 Å². The lowest BCUT2D eigenvalue weighted by molar-refractivity contribution is -0.274. The second kappa shape index (κ2) is 11.4. The lowest BCUT2D eigenvalue weighted by atomic mass is 9.89. The summed E-state index contributed by atoms with van der Waals surface area (Å²) in [5.74, 6) is 0.448. The van der Waals surface area contributed by atoms with Gasteiger partial charge in [-0.05, 0) is 56.0 Å². The van der Waals surface area contributed by atoms with E-state index in [-0.39, 0.29) is 11.8 Å². The first-order chi connectivity index (χ1) is 17.9. The first kappa shape index (κ1) is 25.3. The Balaban J connectivity index is 1.21. The maximum atomic E-state index is 12.5. The number of halogens is 3. The SMILES string of the molecule is FC(F)(F)Oc1ccc(N2CCCC(N[C@@H]3CCCC[C@H]3Nc3nccc(-c4ccccc4)n3)C2)cc1. The molecule has 2 fully saturated rings. The third kappa shape index (κ3) is 6.91. The van der Waals surface area contributed by atoms with Gasteiger partial charge in [-0.15, -0.1) is 13.2 Å². The lowest BCUT2D eigenvalue weighted by Crippen LogP contribution is -2.55. The van der Waals surface area contributed by atoms with Gasteiger partial charge in [0, 0.05) is 48.7 Å². The number of rotatable bonds is 7. The molecule has 2 N–H and O–H groups in total. The molecule has 0 spiro atoms. The summed E-state index contributed by atoms with van der Waals surface area (Å²) in [6.45, 7) is 1.69. The average Bonchev–Trinajstić information content (AvgIpc) is 2.90. The number of nitrogens with one attached hydrogen (secondary N) is 2. The monoisotopic (exact) mass is 511 g/mol. The molecule has 6 nitrogen and oxygen atoms in total. The second-order valence-electron chi connectivity index (χ2n) is 9.77. The maximum Gasteiger partial charge on any atom is 0.573 e. The first-order valence-electron chi connectivity index (χ1n) is 12.9. The van der Waals surface area contributed by atoms with E-state index < -0.39 is 6.36 Å². The van der Waals surface area contributed by atoms with Gasteiger partial charge >= 0.3 is 6.36 Å². The van der Waals surface area contributed by atoms with Crippen LogP contribution in [0.3, 0.4) is 0 Å². The van der Waals surface area contributed by atoms with Gasteiger partial charge in [-0.2, -0.15) is 0 Å². The topological polar surface area (TPSA) is 62.3 Å². The van der Waals surface area contributed by atoms with Crippen molar-refractivity contribution >= 4 is 11.6 Å². The highest BCUT2D eigenvalue weighted by molar-refractivity contribution is 5.59. The molecular formula is C28H32F3N5O. The smallest absolute Gasteiger partial charge is 0.406 e. The summed E-state index contributed by atoms with van der Waals surface area (Å²) in [6, 6.07) is 19.0. The van der Waals surface area contributed by atoms with E-state index in [4.69, 9.17) is 4.98 Å². The van der Waals surface area contributed by atoms with Crippen LogP contribution in [-0.2, 0) is 0 Å². The number of piperidine rings is 1. The number of hydrogen-bond donors (Lipinski definition) is 2. The van der Waals surface area contributed by atoms with Crippen LogP contribution in [0, 0.1) is 0 Å². The molecule has 2 aromatic carbocycles. The van der Waals surface area contributed by atoms with Gasteiger partial charge in [0.25, 0.3) is 0 Å². The summed E-state index contributed by atoms with van der Waals surface area (Å²) in [6.07, 6.45) is 3.67. The third-order valence-electron chi connectivity index (χ3n) is 7.11. The number of ether oxygens (including phenoxy) is 1. The van der Waals surface area contributed by atoms with Gasteiger partial charge in [0.15, 0.2) is 0 Å². The molecule has 1 aliphatic carbocycles. The number of anilines is 2. The minimum atomic E-state index is -4.68. The molecule has 1 aromatic heterocycles. The average molecular weight is 512 g/mol. The Morgan fingerprint density at radius 2 is 1.62 bits per heavy atom. The van der Waals surface area contributed by atoms with Crippen LogP contribution in [-0.4, -0.2) is 47.5 Å². The molecule has 2 aliphatic rings. The van der Waals surface area contributed by atoms with Crippen LogP contribution in [0.5, 0.6) is 5.75 Å². The van der Waals surface area contributed by atoms with Gasteiger partial charge in [-0.1, -0.05) is 43.2 Å². The minimum absolute atomic E-state index is 0.197. The molecule has 3 aromatic rings. The quantitative estimate of drug-likeness (QED) is 0.404. The van der Waals surface area contributed by atoms with Crippen molar-refractivity contribution in [1.29, 1.82) is 0 Å². The Hall–Kier alpha value is -3.33. The Bertz CT molecular complexity index is 1140. The van der Waals surface area contributed by atoms with Gasteiger partial charge in [-0.3, -0.25) is 0 Å². The molecule has 9 heteroatoms. The van der Waals surface area contributed by atoms with E-state index in [9.17, 15) is 13.2 Å². The minimum Gasteiger partial charge on any atom is -0.406 e. The van der Waals surface area contributed by atoms with Crippen molar-refractivity contribution in [2.24, 2.45) is 0 Å². The van der Waals surface area contributed by atoms with Gasteiger partial charge in [0.1, 0.15) is 5.75 Å². The van der Waals surface area contributed by atoms with Gasteiger partial charge in [0.2, 0.25) is 5.95 Å². The molecule has 3 atom stereocenters. The van der Waals surface area contributed by atoms with Crippen molar-refractivity contribution in [2.45, 2.75) is 63.0 Å². The number of hydrogen-bond acceptors (Lipinski definition) is 6. The summed E-state index contributed by atoms with van der Waals surface area (Å²) < 4.78 is 41.5. The highest BCUT2D eigenvalue weighted by atomic mass is 19.4. The summed E-state index contributed by atoms with van der Waals surface area (Å²) in [5, 5.41) is 7.48. The normalized spacial score (nSPS) is 22.5. The zero-order chi connectivity index (χ0) is 25.7. The molecule has 0 radical (unpaired) electrons. The number of alkyl halides is 3. The van der Waals surface area contributed by atoms with E-state index in [1.54, 1.807) is 18.3 Å². The molecule has 1 unspecified atom stereocenters. The van der Waals surface area contributed by atoms with Crippen LogP contribution >= 0.6 is 0 Å². The first-order valence-corrected chi connectivity index (χ1v) is 12.9. The van der Waals surface area contributed by atoms with Crippen LogP contribution in [0.4, 0.5) is 24.8 Å². The standard InChI is InChI=1S/C28H32F3N5O/c29-28(30,31)37-23-14-12-22(13-15-23)36-18-6-9-21(19-36)33-25-10-4-5-11-26(25)35-27-32-17-16-24(34-27)20-7-2-1-3-8-20/h1-3,7-8,12-17,21,25-26,33H,4-6,9-11,18-19H2,(H,32,34,35)/t21?,25-,26-/m1/s1. The zero-order valence-corrected chi connectivity index (χ0v) is 20.6. The van der Waals surface area contributed by atoms with Crippen molar-refractivity contribution in [3.8, 4) is 17.0 Å². The second-order valence-corrected chi connectivity index (χ2v) is 9.77. The van der Waals surface area contributed by atoms with Crippen molar-refractivity contribution in [1.82, 2.24) is 15.3 Å². The molecule has 0 amide bonds. The molecule has 37 heavy (non-hydrogen) atoms. The van der Waals surface area contributed by atoms with Crippen molar-refractivity contribution in [3.05, 3.63) is 66.9 Å². The van der Waals surface area contributed by atoms with E-state index in [1.165, 1.54) is 18.6 Å². The molecule has 1 saturated heterocycles. The third-order valence-corrected chi connectivity index (χ3v) is 7.11. The van der Waals surface area contributed by atoms with Crippen molar-refractivity contribution < 1.29 is 17.9 Å². The molecule has 2 heterocycles. The fraction of sp³-hybridized carbons (Fsp3) is 0.429. The summed E-state index contributed by atoms with van der Waals surface area (Å²) in [7, 11) is 0. The van der Waals surface area contributed by atoms with Crippen LogP contribution in [0.1, 0.15) is 38.5 Å². The molecule has 1 saturated carbocycles. The summed E-state index contributed by atoms with van der Waals surface area (Å²) in [4.78, 5) is 11.5. The fourth-order valence-electron chi connectivity index (χ4n) is 5.38. The van der Waals surface area contributed by atoms with Crippen molar-refractivity contribution in [3.63, 3.8) is 0 Å². The van der Waals surface area contributed by atoms with E-state index >= 15 is 0 Å². The summed E-state index contributed by atoms with van der Waals surface area (Å²) in [5.41, 5.74) is 2.87. The lowest BCUT2D eigenvalue weighted by Gasteiger charge is -2.40. The Labute approximate surface area is 215 Å². The van der Waals surface area contributed by atoms with E-state index in [0.29, 0.717) is 18.0 Å². The van der Waals surface area contributed by atoms with Crippen LogP contribution < -0.4 is 20.3 Å². The van der Waals surface area contributed by atoms with Crippen LogP contribution in [0.15, 0.2) is 66.9 Å². The zero-order valence-electron chi connectivity index (χ0n) is 20.6. The molecule has 196 valence electrons. The molecule has 0 bridgehead atoms. The molecule has 1 aliphatic heterocycles. The number of benzene rings is 2. The van der Waals surface area contributed by atoms with Crippen LogP contribution in [0.25, 0.3) is 11.3 Å². The molecule has 5 rings (SSSR count). The van der Waals surface area contributed by atoms with E-state index in [0.717, 1.165) is 62.1 Å². The largest absolute Gasteiger partial charge is 0.573 e. The van der Waals surface area contributed by atoms with E-state index in [1.807, 2.05) is 36.4 Å². The fourth-order valence-corrected chi connectivity index (χ4v) is 5.38. The predicted molar refractivity (Wildman–Crippen MR) is 139 cm³/mol. The maximum absolute atomic E-state index is 12.5. The Kier molecular flexibility index (Phi) is 7.79. The van der Waals surface area contributed by atoms with Gasteiger partial charge < -0.3 is 20.3 Å². The highest BCUT2D eigenvalue weighted by Crippen LogP contribution is 2.28. The predicted octanol–water partition coefficient (Wildman–Crippen LogP) is 6.02. The van der Waals surface area contributed by atoms with Crippen molar-refractivity contribution in [2.75, 3.05) is 23.3 Å². The Morgan fingerprint density at radius 1 is 0.865 bits per heavy atom. The van der Waals surface area contributed by atoms with E-state index in [2.05, 4.69) is 25.3 Å². The van der Waals surface area contributed by atoms with Crippen LogP contribution in [0.2, 0.25) is 0 Å². The summed E-state index contributed by atoms with van der Waals surface area (Å²) >= 11 is 0. The van der Waals surface area contributed by atoms with Gasteiger partial charge in [0.05, 0.1) is 5.69 Å². The Morgan fingerprint density at radius 3 is 2.38 bits per heavy atom. The number of nitrogens with zero attached hydrogens (tertiary/aromatic N) is 3. The molecular weight excluding hydrogens is 479 g/mol. The highest BCUT2D eigenvalue weighted by Gasteiger charge is 2.32.